The molecule has 8 heteroatoms. The van der Waals surface area contributed by atoms with Crippen molar-refractivity contribution in [2.45, 2.75) is 19.7 Å². The number of hydrogen-bond acceptors (Lipinski definition) is 7. The number of hydrogen-bond donors (Lipinski definition) is 1. The lowest BCUT2D eigenvalue weighted by molar-refractivity contribution is -0.0156. The lowest BCUT2D eigenvalue weighted by atomic mass is 10.1. The van der Waals surface area contributed by atoms with E-state index >= 15 is 0 Å². The van der Waals surface area contributed by atoms with Gasteiger partial charge in [-0.15, -0.1) is 0 Å². The molecular formula is C16H19FN4O3. The first-order valence-electron chi connectivity index (χ1n) is 7.80. The molecule has 1 fully saturated rings. The summed E-state index contributed by atoms with van der Waals surface area (Å²) >= 11 is 0. The molecule has 0 radical (unpaired) electrons. The zero-order valence-electron chi connectivity index (χ0n) is 13.4. The highest BCUT2D eigenvalue weighted by Crippen LogP contribution is 2.11. The van der Waals surface area contributed by atoms with Gasteiger partial charge in [0.1, 0.15) is 12.0 Å². The minimum atomic E-state index is -0.449. The number of rotatable bonds is 5. The van der Waals surface area contributed by atoms with Crippen LogP contribution in [0.3, 0.4) is 0 Å². The first-order chi connectivity index (χ1) is 11.5. The lowest BCUT2D eigenvalue weighted by Gasteiger charge is -2.35. The van der Waals surface area contributed by atoms with E-state index in [1.54, 1.807) is 6.92 Å². The quantitative estimate of drug-likeness (QED) is 0.813. The maximum absolute atomic E-state index is 12.9. The van der Waals surface area contributed by atoms with Gasteiger partial charge in [-0.1, -0.05) is 5.16 Å². The number of piperazine rings is 1. The maximum atomic E-state index is 12.9. The molecule has 3 rings (SSSR count). The summed E-state index contributed by atoms with van der Waals surface area (Å²) in [6.07, 6.45) is -0.449. The van der Waals surface area contributed by atoms with Crippen molar-refractivity contribution >= 4 is 5.78 Å². The molecular weight excluding hydrogens is 315 g/mol. The van der Waals surface area contributed by atoms with Crippen molar-refractivity contribution < 1.29 is 18.8 Å². The molecule has 1 aromatic heterocycles. The Hall–Kier alpha value is -2.16. The van der Waals surface area contributed by atoms with Gasteiger partial charge in [0, 0.05) is 31.7 Å². The van der Waals surface area contributed by atoms with Crippen LogP contribution in [0, 0.1) is 5.82 Å². The topological polar surface area (TPSA) is 82.7 Å². The number of ketones is 1. The Balaban J connectivity index is 1.60. The first-order valence-corrected chi connectivity index (χ1v) is 7.80. The Bertz CT molecular complexity index is 694. The van der Waals surface area contributed by atoms with Crippen LogP contribution in [0.5, 0.6) is 0 Å². The number of aliphatic hydroxyl groups is 1. The average molecular weight is 334 g/mol. The van der Waals surface area contributed by atoms with Gasteiger partial charge >= 0.3 is 0 Å². The van der Waals surface area contributed by atoms with E-state index in [0.29, 0.717) is 18.0 Å². The fourth-order valence-electron chi connectivity index (χ4n) is 2.63. The van der Waals surface area contributed by atoms with Crippen LogP contribution in [0.2, 0.25) is 0 Å². The van der Waals surface area contributed by atoms with Crippen molar-refractivity contribution in [2.75, 3.05) is 26.2 Å². The van der Waals surface area contributed by atoms with Gasteiger partial charge in [-0.25, -0.2) is 4.39 Å². The molecule has 1 aliphatic rings. The molecule has 1 aromatic carbocycles. The van der Waals surface area contributed by atoms with Crippen molar-refractivity contribution in [1.82, 2.24) is 19.9 Å². The molecule has 24 heavy (non-hydrogen) atoms. The van der Waals surface area contributed by atoms with Gasteiger partial charge in [-0.3, -0.25) is 14.6 Å². The van der Waals surface area contributed by atoms with E-state index in [0.717, 1.165) is 26.2 Å². The Morgan fingerprint density at radius 2 is 1.96 bits per heavy atom. The number of carbonyl (C=O) groups excluding carboxylic acids is 1. The molecule has 2 aromatic rings. The van der Waals surface area contributed by atoms with Crippen LogP contribution in [0.4, 0.5) is 4.39 Å². The van der Waals surface area contributed by atoms with Gasteiger partial charge in [0.25, 0.3) is 0 Å². The Morgan fingerprint density at radius 1 is 1.29 bits per heavy atom. The molecule has 0 aliphatic carbocycles. The van der Waals surface area contributed by atoms with Gasteiger partial charge < -0.3 is 9.63 Å². The predicted octanol–water partition coefficient (Wildman–Crippen LogP) is 0.896. The molecule has 1 aliphatic heterocycles. The summed E-state index contributed by atoms with van der Waals surface area (Å²) in [7, 11) is 0. The monoisotopic (exact) mass is 334 g/mol. The summed E-state index contributed by atoms with van der Waals surface area (Å²) in [5, 5.41) is 13.3. The van der Waals surface area contributed by atoms with Crippen LogP contribution in [-0.4, -0.2) is 63.2 Å². The summed E-state index contributed by atoms with van der Waals surface area (Å²) in [5.74, 6) is -0.467. The predicted molar refractivity (Wildman–Crippen MR) is 82.7 cm³/mol. The van der Waals surface area contributed by atoms with E-state index < -0.39 is 17.8 Å². The average Bonchev–Trinajstić information content (AvgIpc) is 3.04. The summed E-state index contributed by atoms with van der Waals surface area (Å²) in [6, 6.07) is 5.22. The third-order valence-corrected chi connectivity index (χ3v) is 4.07. The van der Waals surface area contributed by atoms with E-state index in [-0.39, 0.29) is 5.82 Å². The fraction of sp³-hybridized carbons (Fsp3) is 0.438. The SMILES string of the molecule is CC(O)N1CCN(Cc2nc(C(=O)c3ccc(F)cc3)no2)CC1. The summed E-state index contributed by atoms with van der Waals surface area (Å²) in [4.78, 5) is 20.5. The number of carbonyl (C=O) groups is 1. The minimum Gasteiger partial charge on any atom is -0.379 e. The lowest BCUT2D eigenvalue weighted by Crippen LogP contribution is -2.49. The van der Waals surface area contributed by atoms with Crippen molar-refractivity contribution in [2.24, 2.45) is 0 Å². The molecule has 1 saturated heterocycles. The number of halogens is 1. The van der Waals surface area contributed by atoms with E-state index in [1.807, 2.05) is 4.90 Å². The van der Waals surface area contributed by atoms with Crippen LogP contribution >= 0.6 is 0 Å². The number of aliphatic hydroxyl groups excluding tert-OH is 1. The van der Waals surface area contributed by atoms with Crippen molar-refractivity contribution in [1.29, 1.82) is 0 Å². The van der Waals surface area contributed by atoms with Gasteiger partial charge in [0.2, 0.25) is 17.5 Å². The zero-order chi connectivity index (χ0) is 17.1. The molecule has 1 atom stereocenters. The smallest absolute Gasteiger partial charge is 0.243 e. The van der Waals surface area contributed by atoms with Crippen LogP contribution in [0.1, 0.15) is 29.0 Å². The molecule has 1 unspecified atom stereocenters. The fourth-order valence-corrected chi connectivity index (χ4v) is 2.63. The number of nitrogens with zero attached hydrogens (tertiary/aromatic N) is 4. The van der Waals surface area contributed by atoms with Gasteiger partial charge in [0.15, 0.2) is 0 Å². The second-order valence-electron chi connectivity index (χ2n) is 5.79. The molecule has 0 saturated carbocycles. The third-order valence-electron chi connectivity index (χ3n) is 4.07. The van der Waals surface area contributed by atoms with E-state index in [4.69, 9.17) is 4.52 Å². The minimum absolute atomic E-state index is 0.0285. The van der Waals surface area contributed by atoms with Crippen LogP contribution in [-0.2, 0) is 6.54 Å². The molecule has 1 N–H and O–H groups in total. The zero-order valence-corrected chi connectivity index (χ0v) is 13.4. The Labute approximate surface area is 138 Å². The second kappa shape index (κ2) is 7.16. The Morgan fingerprint density at radius 3 is 2.58 bits per heavy atom. The van der Waals surface area contributed by atoms with Crippen LogP contribution in [0.15, 0.2) is 28.8 Å². The third kappa shape index (κ3) is 3.84. The molecule has 0 amide bonds. The van der Waals surface area contributed by atoms with Crippen molar-refractivity contribution in [3.8, 4) is 0 Å². The van der Waals surface area contributed by atoms with Gasteiger partial charge in [-0.2, -0.15) is 4.98 Å². The number of benzene rings is 1. The summed E-state index contributed by atoms with van der Waals surface area (Å²) < 4.78 is 18.1. The van der Waals surface area contributed by atoms with E-state index in [2.05, 4.69) is 15.0 Å². The van der Waals surface area contributed by atoms with Gasteiger partial charge in [-0.05, 0) is 31.2 Å². The molecule has 0 spiro atoms. The molecule has 128 valence electrons. The first kappa shape index (κ1) is 16.7. The van der Waals surface area contributed by atoms with Crippen LogP contribution < -0.4 is 0 Å². The molecule has 0 bridgehead atoms. The van der Waals surface area contributed by atoms with E-state index in [9.17, 15) is 14.3 Å². The van der Waals surface area contributed by atoms with Gasteiger partial charge in [0.05, 0.1) is 6.54 Å². The van der Waals surface area contributed by atoms with Crippen molar-refractivity contribution in [3.05, 3.63) is 47.4 Å². The van der Waals surface area contributed by atoms with Crippen LogP contribution in [0.25, 0.3) is 0 Å². The maximum Gasteiger partial charge on any atom is 0.243 e. The highest BCUT2D eigenvalue weighted by atomic mass is 19.1. The summed E-state index contributed by atoms with van der Waals surface area (Å²) in [5.41, 5.74) is 0.314. The second-order valence-corrected chi connectivity index (χ2v) is 5.79. The summed E-state index contributed by atoms with van der Waals surface area (Å²) in [6.45, 7) is 5.27. The highest BCUT2D eigenvalue weighted by molar-refractivity contribution is 6.06. The normalized spacial score (nSPS) is 17.8. The molecule has 7 nitrogen and oxygen atoms in total. The van der Waals surface area contributed by atoms with Crippen molar-refractivity contribution in [3.63, 3.8) is 0 Å². The largest absolute Gasteiger partial charge is 0.379 e. The molecule has 2 heterocycles. The Kier molecular flexibility index (Phi) is 4.98. The standard InChI is InChI=1S/C16H19FN4O3/c1-11(22)21-8-6-20(7-9-21)10-14-18-16(19-24-14)15(23)12-2-4-13(17)5-3-12/h2-5,11,22H,6-10H2,1H3. The number of aromatic nitrogens is 2. The highest BCUT2D eigenvalue weighted by Gasteiger charge is 2.22. The van der Waals surface area contributed by atoms with E-state index in [1.165, 1.54) is 24.3 Å².